The number of guanidine groups is 1. The van der Waals surface area contributed by atoms with Crippen LogP contribution in [0.1, 0.15) is 36.6 Å². The SMILES string of the molecule is CCNC(=NCc1ccc(F)c(CO)c1)NC(C)c1ccc(Cl)cc1. The Balaban J connectivity index is 2.08. The third-order valence-corrected chi connectivity index (χ3v) is 4.02. The zero-order chi connectivity index (χ0) is 18.2. The second-order valence-corrected chi connectivity index (χ2v) is 6.13. The highest BCUT2D eigenvalue weighted by Crippen LogP contribution is 2.16. The van der Waals surface area contributed by atoms with E-state index >= 15 is 0 Å². The minimum absolute atomic E-state index is 0.0521. The van der Waals surface area contributed by atoms with E-state index in [9.17, 15) is 4.39 Å². The second kappa shape index (κ2) is 9.39. The molecule has 4 nitrogen and oxygen atoms in total. The number of benzene rings is 2. The van der Waals surface area contributed by atoms with Crippen LogP contribution in [0.15, 0.2) is 47.5 Å². The molecule has 0 aromatic heterocycles. The Kier molecular flexibility index (Phi) is 7.22. The molecule has 0 saturated carbocycles. The minimum atomic E-state index is -0.406. The van der Waals surface area contributed by atoms with E-state index in [1.165, 1.54) is 6.07 Å². The molecule has 134 valence electrons. The summed E-state index contributed by atoms with van der Waals surface area (Å²) >= 11 is 5.92. The molecule has 0 spiro atoms. The van der Waals surface area contributed by atoms with Crippen LogP contribution >= 0.6 is 11.6 Å². The summed E-state index contributed by atoms with van der Waals surface area (Å²) in [5, 5.41) is 16.4. The van der Waals surface area contributed by atoms with Crippen molar-refractivity contribution in [3.8, 4) is 0 Å². The molecule has 0 bridgehead atoms. The maximum Gasteiger partial charge on any atom is 0.192 e. The monoisotopic (exact) mass is 363 g/mol. The molecule has 0 fully saturated rings. The number of aliphatic imine (C=N–C) groups is 1. The van der Waals surface area contributed by atoms with E-state index in [0.29, 0.717) is 17.5 Å². The van der Waals surface area contributed by atoms with Gasteiger partial charge in [0.2, 0.25) is 0 Å². The molecule has 2 aromatic carbocycles. The van der Waals surface area contributed by atoms with E-state index in [-0.39, 0.29) is 18.2 Å². The molecule has 25 heavy (non-hydrogen) atoms. The molecule has 0 aliphatic carbocycles. The van der Waals surface area contributed by atoms with Gasteiger partial charge in [0, 0.05) is 17.1 Å². The van der Waals surface area contributed by atoms with Gasteiger partial charge in [0.1, 0.15) is 5.82 Å². The van der Waals surface area contributed by atoms with Gasteiger partial charge in [0.15, 0.2) is 5.96 Å². The van der Waals surface area contributed by atoms with Crippen molar-refractivity contribution in [3.05, 3.63) is 70.0 Å². The number of nitrogens with zero attached hydrogens (tertiary/aromatic N) is 1. The van der Waals surface area contributed by atoms with E-state index in [1.54, 1.807) is 12.1 Å². The average molecular weight is 364 g/mol. The highest BCUT2D eigenvalue weighted by atomic mass is 35.5. The molecule has 2 aromatic rings. The van der Waals surface area contributed by atoms with Crippen LogP contribution in [0.25, 0.3) is 0 Å². The van der Waals surface area contributed by atoms with E-state index in [2.05, 4.69) is 15.6 Å². The summed E-state index contributed by atoms with van der Waals surface area (Å²) in [5.74, 6) is 0.261. The predicted molar refractivity (Wildman–Crippen MR) is 100 cm³/mol. The van der Waals surface area contributed by atoms with Gasteiger partial charge in [-0.1, -0.05) is 29.8 Å². The number of halogens is 2. The Morgan fingerprint density at radius 3 is 2.60 bits per heavy atom. The third-order valence-electron chi connectivity index (χ3n) is 3.77. The van der Waals surface area contributed by atoms with Crippen LogP contribution in [0, 0.1) is 5.82 Å². The Morgan fingerprint density at radius 2 is 1.96 bits per heavy atom. The van der Waals surface area contributed by atoms with E-state index in [1.807, 2.05) is 38.1 Å². The first-order valence-corrected chi connectivity index (χ1v) is 8.59. The molecule has 0 amide bonds. The van der Waals surface area contributed by atoms with Crippen LogP contribution in [0.3, 0.4) is 0 Å². The molecular weight excluding hydrogens is 341 g/mol. The molecule has 1 atom stereocenters. The summed E-state index contributed by atoms with van der Waals surface area (Å²) in [7, 11) is 0. The fraction of sp³-hybridized carbons (Fsp3) is 0.316. The van der Waals surface area contributed by atoms with Crippen LogP contribution < -0.4 is 10.6 Å². The number of rotatable bonds is 6. The molecular formula is C19H23ClFN3O. The third kappa shape index (κ3) is 5.73. The number of nitrogens with one attached hydrogen (secondary N) is 2. The molecule has 3 N–H and O–H groups in total. The van der Waals surface area contributed by atoms with E-state index in [4.69, 9.17) is 16.7 Å². The number of hydrogen-bond acceptors (Lipinski definition) is 2. The lowest BCUT2D eigenvalue weighted by atomic mass is 10.1. The summed E-state index contributed by atoms with van der Waals surface area (Å²) in [6, 6.07) is 12.4. The van der Waals surface area contributed by atoms with Crippen LogP contribution in [0.5, 0.6) is 0 Å². The standard InChI is InChI=1S/C19H23ClFN3O/c1-3-22-19(24-13(2)15-5-7-17(20)8-6-15)23-11-14-4-9-18(21)16(10-14)12-25/h4-10,13,25H,3,11-12H2,1-2H3,(H2,22,23,24). The second-order valence-electron chi connectivity index (χ2n) is 5.70. The van der Waals surface area contributed by atoms with Gasteiger partial charge in [0.25, 0.3) is 0 Å². The molecule has 2 rings (SSSR count). The van der Waals surface area contributed by atoms with Crippen molar-refractivity contribution in [1.82, 2.24) is 10.6 Å². The normalized spacial score (nSPS) is 12.8. The Hall–Kier alpha value is -2.11. The lowest BCUT2D eigenvalue weighted by Gasteiger charge is -2.18. The Morgan fingerprint density at radius 1 is 1.24 bits per heavy atom. The van der Waals surface area contributed by atoms with Gasteiger partial charge in [0.05, 0.1) is 19.2 Å². The highest BCUT2D eigenvalue weighted by molar-refractivity contribution is 6.30. The fourth-order valence-corrected chi connectivity index (χ4v) is 2.50. The quantitative estimate of drug-likeness (QED) is 0.540. The topological polar surface area (TPSA) is 56.7 Å². The first-order valence-electron chi connectivity index (χ1n) is 8.22. The number of hydrogen-bond donors (Lipinski definition) is 3. The van der Waals surface area contributed by atoms with Crippen molar-refractivity contribution in [2.45, 2.75) is 33.0 Å². The highest BCUT2D eigenvalue weighted by Gasteiger charge is 2.08. The van der Waals surface area contributed by atoms with Crippen LogP contribution in [-0.4, -0.2) is 17.6 Å². The summed E-state index contributed by atoms with van der Waals surface area (Å²) in [4.78, 5) is 4.54. The zero-order valence-corrected chi connectivity index (χ0v) is 15.1. The molecule has 0 aliphatic heterocycles. The molecule has 0 aliphatic rings. The fourth-order valence-electron chi connectivity index (χ4n) is 2.38. The first-order chi connectivity index (χ1) is 12.0. The first kappa shape index (κ1) is 19.2. The summed E-state index contributed by atoms with van der Waals surface area (Å²) in [5.41, 5.74) is 2.21. The molecule has 1 unspecified atom stereocenters. The van der Waals surface area contributed by atoms with Crippen molar-refractivity contribution in [1.29, 1.82) is 0 Å². The van der Waals surface area contributed by atoms with Crippen LogP contribution in [-0.2, 0) is 13.2 Å². The molecule has 6 heteroatoms. The van der Waals surface area contributed by atoms with Gasteiger partial charge >= 0.3 is 0 Å². The van der Waals surface area contributed by atoms with Gasteiger partial charge in [-0.2, -0.15) is 0 Å². The van der Waals surface area contributed by atoms with Gasteiger partial charge in [-0.3, -0.25) is 0 Å². The van der Waals surface area contributed by atoms with E-state index in [0.717, 1.165) is 17.7 Å². The van der Waals surface area contributed by atoms with Gasteiger partial charge < -0.3 is 15.7 Å². The maximum absolute atomic E-state index is 13.4. The number of aliphatic hydroxyl groups is 1. The zero-order valence-electron chi connectivity index (χ0n) is 14.4. The Bertz CT molecular complexity index is 719. The lowest BCUT2D eigenvalue weighted by Crippen LogP contribution is -2.38. The van der Waals surface area contributed by atoms with Crippen molar-refractivity contribution >= 4 is 17.6 Å². The average Bonchev–Trinajstić information content (AvgIpc) is 2.61. The summed E-state index contributed by atoms with van der Waals surface area (Å²) < 4.78 is 13.4. The van der Waals surface area contributed by atoms with Crippen molar-refractivity contribution in [2.75, 3.05) is 6.54 Å². The Labute approximate surface area is 152 Å². The maximum atomic E-state index is 13.4. The van der Waals surface area contributed by atoms with Crippen molar-refractivity contribution < 1.29 is 9.50 Å². The predicted octanol–water partition coefficient (Wildman–Crippen LogP) is 3.79. The number of aliphatic hydroxyl groups excluding tert-OH is 1. The van der Waals surface area contributed by atoms with Crippen molar-refractivity contribution in [3.63, 3.8) is 0 Å². The van der Waals surface area contributed by atoms with Crippen LogP contribution in [0.2, 0.25) is 5.02 Å². The molecule has 0 saturated heterocycles. The van der Waals surface area contributed by atoms with Gasteiger partial charge in [-0.15, -0.1) is 0 Å². The van der Waals surface area contributed by atoms with Crippen LogP contribution in [0.4, 0.5) is 4.39 Å². The summed E-state index contributed by atoms with van der Waals surface area (Å²) in [6.07, 6.45) is 0. The van der Waals surface area contributed by atoms with E-state index < -0.39 is 5.82 Å². The summed E-state index contributed by atoms with van der Waals surface area (Å²) in [6.45, 7) is 4.82. The smallest absolute Gasteiger partial charge is 0.192 e. The largest absolute Gasteiger partial charge is 0.392 e. The molecule has 0 radical (unpaired) electrons. The van der Waals surface area contributed by atoms with Crippen molar-refractivity contribution in [2.24, 2.45) is 4.99 Å². The van der Waals surface area contributed by atoms with Gasteiger partial charge in [-0.05, 0) is 49.2 Å². The lowest BCUT2D eigenvalue weighted by molar-refractivity contribution is 0.275. The minimum Gasteiger partial charge on any atom is -0.392 e. The molecule has 0 heterocycles. The van der Waals surface area contributed by atoms with Gasteiger partial charge in [-0.25, -0.2) is 9.38 Å².